The van der Waals surface area contributed by atoms with Crippen molar-refractivity contribution < 1.29 is 15.6 Å². The first-order chi connectivity index (χ1) is 18.8. The van der Waals surface area contributed by atoms with Crippen LogP contribution in [-0.2, 0) is 22.0 Å². The van der Waals surface area contributed by atoms with Gasteiger partial charge in [-0.3, -0.25) is 0 Å². The van der Waals surface area contributed by atoms with Crippen LogP contribution in [0.15, 0.2) is 96.6 Å². The third kappa shape index (κ3) is 4.42. The van der Waals surface area contributed by atoms with E-state index >= 15 is 0 Å². The van der Waals surface area contributed by atoms with Gasteiger partial charge in [0.2, 0.25) is 0 Å². The van der Waals surface area contributed by atoms with Crippen molar-refractivity contribution >= 4 is 32.3 Å². The van der Waals surface area contributed by atoms with Gasteiger partial charge in [0, 0.05) is 0 Å². The molecular formula is C35H37Cl2SiZr. The SMILES string of the molecule is CCCCCC1=Cc2c(-c3ccccc3)cccc2[CH]1[Zr]([Cl])([Cl])([c]1cccc2c1Cc1ccccc1-2)[SiH](C)C. The molecule has 1 unspecified atom stereocenters. The van der Waals surface area contributed by atoms with Crippen LogP contribution in [0.3, 0.4) is 0 Å². The van der Waals surface area contributed by atoms with Crippen LogP contribution in [0.1, 0.15) is 58.5 Å². The number of fused-ring (bicyclic) bond motifs is 4. The molecule has 39 heavy (non-hydrogen) atoms. The summed E-state index contributed by atoms with van der Waals surface area (Å²) in [5.74, 6) is -1.56. The fourth-order valence-corrected chi connectivity index (χ4v) is 35.0. The second-order valence-corrected chi connectivity index (χ2v) is 53.2. The summed E-state index contributed by atoms with van der Waals surface area (Å²) in [5, 5.41) is 0. The van der Waals surface area contributed by atoms with Crippen molar-refractivity contribution in [3.05, 3.63) is 119 Å². The molecule has 0 N–H and O–H groups in total. The van der Waals surface area contributed by atoms with Gasteiger partial charge in [0.15, 0.2) is 0 Å². The first-order valence-electron chi connectivity index (χ1n) is 14.5. The summed E-state index contributed by atoms with van der Waals surface area (Å²) in [6, 6.07) is 33.3. The van der Waals surface area contributed by atoms with Gasteiger partial charge in [0.25, 0.3) is 0 Å². The number of hydrogen-bond acceptors (Lipinski definition) is 0. The number of halogens is 2. The number of unbranched alkanes of at least 4 members (excludes halogenated alkanes) is 2. The van der Waals surface area contributed by atoms with Crippen molar-refractivity contribution in [2.75, 3.05) is 0 Å². The normalized spacial score (nSPS) is 16.8. The number of hydrogen-bond donors (Lipinski definition) is 0. The van der Waals surface area contributed by atoms with E-state index in [4.69, 9.17) is 17.0 Å². The Morgan fingerprint density at radius 3 is 2.23 bits per heavy atom. The molecule has 4 aromatic rings. The van der Waals surface area contributed by atoms with Crippen LogP contribution >= 0.6 is 17.0 Å². The zero-order chi connectivity index (χ0) is 27.2. The molecule has 6 rings (SSSR count). The molecule has 0 saturated heterocycles. The van der Waals surface area contributed by atoms with Gasteiger partial charge in [-0.25, -0.2) is 0 Å². The van der Waals surface area contributed by atoms with Crippen LogP contribution in [0.2, 0.25) is 13.1 Å². The molecule has 1 atom stereocenters. The van der Waals surface area contributed by atoms with Crippen molar-refractivity contribution in [1.29, 1.82) is 0 Å². The summed E-state index contributed by atoms with van der Waals surface area (Å²) >= 11 is -4.70. The summed E-state index contributed by atoms with van der Waals surface area (Å²) in [5.41, 5.74) is 12.2. The fraction of sp³-hybridized carbons (Fsp3) is 0.257. The molecule has 0 amide bonds. The third-order valence-corrected chi connectivity index (χ3v) is 59.2. The Hall–Kier alpha value is -1.70. The first kappa shape index (κ1) is 27.5. The maximum absolute atomic E-state index is 8.42. The van der Waals surface area contributed by atoms with Gasteiger partial charge in [-0.1, -0.05) is 0 Å². The molecule has 0 aliphatic heterocycles. The van der Waals surface area contributed by atoms with Gasteiger partial charge in [-0.05, 0) is 0 Å². The van der Waals surface area contributed by atoms with Crippen LogP contribution in [-0.4, -0.2) is 5.92 Å². The van der Waals surface area contributed by atoms with E-state index in [0.717, 1.165) is 12.8 Å². The average molecular weight is 648 g/mol. The van der Waals surface area contributed by atoms with Gasteiger partial charge in [0.05, 0.1) is 0 Å². The van der Waals surface area contributed by atoms with Gasteiger partial charge < -0.3 is 0 Å². The number of rotatable bonds is 8. The standard InChI is InChI=1S/C20H21.C13H9.C2H7Si.2ClH.Zr/c1-2-3-5-9-16-14-18-12-8-13-19(20(18)15-16)17-10-6-4-7-11-17;1-3-7-12-10(5-1)9-11-6-2-4-8-13(11)12;1-3-2;;;/h4,6-8,10-15H,2-3,5,9H2,1H3;1-5,7-8H,9H2;3H,1-2H3;2*1H;/q;;;;;+2/p-2. The second kappa shape index (κ2) is 10.6. The summed E-state index contributed by atoms with van der Waals surface area (Å²) in [6.07, 6.45) is 8.12. The molecule has 0 aromatic heterocycles. The van der Waals surface area contributed by atoms with Crippen molar-refractivity contribution in [1.82, 2.24) is 0 Å². The average Bonchev–Trinajstić information content (AvgIpc) is 3.52. The Morgan fingerprint density at radius 1 is 0.769 bits per heavy atom. The maximum atomic E-state index is 8.42. The van der Waals surface area contributed by atoms with Crippen LogP contribution in [0, 0.1) is 0 Å². The van der Waals surface area contributed by atoms with E-state index in [1.165, 1.54) is 72.6 Å². The van der Waals surface area contributed by atoms with Gasteiger partial charge in [-0.15, -0.1) is 0 Å². The van der Waals surface area contributed by atoms with Gasteiger partial charge in [-0.2, -0.15) is 0 Å². The van der Waals surface area contributed by atoms with E-state index in [1.54, 1.807) is 0 Å². The summed E-state index contributed by atoms with van der Waals surface area (Å²) in [4.78, 5) is 0. The Bertz CT molecular complexity index is 1570. The molecule has 0 spiro atoms. The topological polar surface area (TPSA) is 0 Å². The van der Waals surface area contributed by atoms with E-state index in [1.807, 2.05) is 0 Å². The van der Waals surface area contributed by atoms with E-state index < -0.39 is 21.5 Å². The molecule has 0 bridgehead atoms. The van der Waals surface area contributed by atoms with Gasteiger partial charge in [0.1, 0.15) is 0 Å². The van der Waals surface area contributed by atoms with Crippen molar-refractivity contribution in [2.24, 2.45) is 0 Å². The Labute approximate surface area is 242 Å². The molecule has 0 fully saturated rings. The van der Waals surface area contributed by atoms with E-state index in [-0.39, 0.29) is 3.63 Å². The van der Waals surface area contributed by atoms with Crippen LogP contribution in [0.5, 0.6) is 0 Å². The van der Waals surface area contributed by atoms with E-state index in [2.05, 4.69) is 117 Å². The molecule has 0 nitrogen and oxygen atoms in total. The first-order valence-corrected chi connectivity index (χ1v) is 30.6. The Morgan fingerprint density at radius 2 is 1.46 bits per heavy atom. The Balaban J connectivity index is 1.58. The molecular weight excluding hydrogens is 611 g/mol. The van der Waals surface area contributed by atoms with Gasteiger partial charge >= 0.3 is 245 Å². The van der Waals surface area contributed by atoms with Crippen LogP contribution < -0.4 is 3.27 Å². The molecule has 0 heterocycles. The van der Waals surface area contributed by atoms with Crippen LogP contribution in [0.25, 0.3) is 28.3 Å². The zero-order valence-electron chi connectivity index (χ0n) is 23.2. The summed E-state index contributed by atoms with van der Waals surface area (Å²) < 4.78 is 1.46. The summed E-state index contributed by atoms with van der Waals surface area (Å²) in [6.45, 7) is 7.13. The van der Waals surface area contributed by atoms with Crippen molar-refractivity contribution in [3.8, 4) is 22.3 Å². The summed E-state index contributed by atoms with van der Waals surface area (Å²) in [7, 11) is 16.8. The molecule has 2 aliphatic rings. The molecule has 2 aliphatic carbocycles. The quantitative estimate of drug-likeness (QED) is 0.116. The fourth-order valence-electron chi connectivity index (χ4n) is 7.16. The van der Waals surface area contributed by atoms with Crippen molar-refractivity contribution in [2.45, 2.75) is 55.7 Å². The molecule has 4 heteroatoms. The predicted octanol–water partition coefficient (Wildman–Crippen LogP) is 10.2. The second-order valence-electron chi connectivity index (χ2n) is 11.8. The predicted molar refractivity (Wildman–Crippen MR) is 172 cm³/mol. The molecule has 4 aromatic carbocycles. The van der Waals surface area contributed by atoms with E-state index in [0.29, 0.717) is 0 Å². The molecule has 0 radical (unpaired) electrons. The van der Waals surface area contributed by atoms with E-state index in [9.17, 15) is 0 Å². The van der Waals surface area contributed by atoms with Crippen LogP contribution in [0.4, 0.5) is 0 Å². The number of allylic oxidation sites excluding steroid dienone is 1. The minimum absolute atomic E-state index is 0.132. The third-order valence-electron chi connectivity index (χ3n) is 9.26. The zero-order valence-corrected chi connectivity index (χ0v) is 28.3. The Kier molecular flexibility index (Phi) is 7.47. The number of benzene rings is 4. The molecule has 199 valence electrons. The minimum atomic E-state index is -4.70. The molecule has 0 saturated carbocycles. The van der Waals surface area contributed by atoms with Crippen molar-refractivity contribution in [3.63, 3.8) is 0 Å². The monoisotopic (exact) mass is 645 g/mol.